The summed E-state index contributed by atoms with van der Waals surface area (Å²) in [6.45, 7) is 6.33. The smallest absolute Gasteiger partial charge is 0.266 e. The van der Waals surface area contributed by atoms with E-state index >= 15 is 0 Å². The van der Waals surface area contributed by atoms with Gasteiger partial charge in [-0.25, -0.2) is 4.99 Å². The number of nitrogens with zero attached hydrogens (tertiary/aromatic N) is 2. The van der Waals surface area contributed by atoms with Crippen molar-refractivity contribution >= 4 is 34.6 Å². The molecule has 1 N–H and O–H groups in total. The summed E-state index contributed by atoms with van der Waals surface area (Å²) >= 11 is 1.34. The SMILES string of the molecule is CCOc1cc(/C=C2/SC(=Nc3c(C)cccc3C)N(C)C2=O)ccc1O. The van der Waals surface area contributed by atoms with Crippen LogP contribution >= 0.6 is 11.8 Å². The molecule has 1 aliphatic rings. The van der Waals surface area contributed by atoms with Gasteiger partial charge in [-0.1, -0.05) is 24.3 Å². The van der Waals surface area contributed by atoms with Crippen LogP contribution in [-0.4, -0.2) is 34.7 Å². The summed E-state index contributed by atoms with van der Waals surface area (Å²) in [5.41, 5.74) is 3.82. The zero-order valence-electron chi connectivity index (χ0n) is 15.8. The van der Waals surface area contributed by atoms with Crippen molar-refractivity contribution in [3.8, 4) is 11.5 Å². The maximum atomic E-state index is 12.6. The molecule has 6 heteroatoms. The summed E-state index contributed by atoms with van der Waals surface area (Å²) in [4.78, 5) is 19.5. The van der Waals surface area contributed by atoms with Crippen LogP contribution in [0.5, 0.6) is 11.5 Å². The zero-order chi connectivity index (χ0) is 19.6. The number of carbonyl (C=O) groups excluding carboxylic acids is 1. The van der Waals surface area contributed by atoms with Gasteiger partial charge in [0.2, 0.25) is 0 Å². The topological polar surface area (TPSA) is 62.1 Å². The molecule has 1 heterocycles. The largest absolute Gasteiger partial charge is 0.504 e. The maximum absolute atomic E-state index is 12.6. The number of carbonyl (C=O) groups is 1. The van der Waals surface area contributed by atoms with Crippen LogP contribution in [-0.2, 0) is 4.79 Å². The Balaban J connectivity index is 1.93. The number of rotatable bonds is 4. The second kappa shape index (κ2) is 7.88. The lowest BCUT2D eigenvalue weighted by Gasteiger charge is -2.09. The Kier molecular flexibility index (Phi) is 5.56. The molecule has 0 radical (unpaired) electrons. The Hall–Kier alpha value is -2.73. The Labute approximate surface area is 163 Å². The number of para-hydroxylation sites is 1. The van der Waals surface area contributed by atoms with Crippen molar-refractivity contribution < 1.29 is 14.6 Å². The third-order valence-corrected chi connectivity index (χ3v) is 5.29. The quantitative estimate of drug-likeness (QED) is 0.783. The van der Waals surface area contributed by atoms with Gasteiger partial charge in [-0.05, 0) is 67.4 Å². The number of benzene rings is 2. The predicted molar refractivity (Wildman–Crippen MR) is 111 cm³/mol. The first-order valence-corrected chi connectivity index (χ1v) is 9.50. The lowest BCUT2D eigenvalue weighted by Crippen LogP contribution is -2.23. The van der Waals surface area contributed by atoms with Gasteiger partial charge in [-0.3, -0.25) is 9.69 Å². The standard InChI is InChI=1S/C21H22N2O3S/c1-5-26-17-11-15(9-10-16(17)24)12-18-20(25)23(4)21(27-18)22-19-13(2)7-6-8-14(19)3/h6-12,24H,5H2,1-4H3/b18-12+,22-21?. The number of aliphatic imine (C=N–C) groups is 1. The van der Waals surface area contributed by atoms with Crippen molar-refractivity contribution in [3.05, 3.63) is 58.0 Å². The number of amides is 1. The molecular formula is C21H22N2O3S. The van der Waals surface area contributed by atoms with Gasteiger partial charge in [0.25, 0.3) is 5.91 Å². The van der Waals surface area contributed by atoms with Crippen LogP contribution in [0.4, 0.5) is 5.69 Å². The number of phenolic OH excluding ortho intramolecular Hbond substituents is 1. The Morgan fingerprint density at radius 2 is 1.93 bits per heavy atom. The molecule has 2 aromatic carbocycles. The average Bonchev–Trinajstić information content (AvgIpc) is 2.89. The van der Waals surface area contributed by atoms with Crippen molar-refractivity contribution in [1.29, 1.82) is 0 Å². The van der Waals surface area contributed by atoms with Gasteiger partial charge in [0, 0.05) is 7.05 Å². The van der Waals surface area contributed by atoms with E-state index in [1.54, 1.807) is 36.2 Å². The summed E-state index contributed by atoms with van der Waals surface area (Å²) < 4.78 is 5.41. The average molecular weight is 382 g/mol. The minimum absolute atomic E-state index is 0.0822. The van der Waals surface area contributed by atoms with Gasteiger partial charge in [0.05, 0.1) is 17.2 Å². The number of likely N-dealkylation sites (N-methyl/N-ethyl adjacent to an activating group) is 1. The van der Waals surface area contributed by atoms with Crippen molar-refractivity contribution in [1.82, 2.24) is 4.90 Å². The molecule has 3 rings (SSSR count). The Morgan fingerprint density at radius 3 is 2.59 bits per heavy atom. The minimum Gasteiger partial charge on any atom is -0.504 e. The fraction of sp³-hybridized carbons (Fsp3) is 0.238. The van der Waals surface area contributed by atoms with Crippen LogP contribution in [0, 0.1) is 13.8 Å². The van der Waals surface area contributed by atoms with E-state index in [9.17, 15) is 9.90 Å². The molecule has 2 aromatic rings. The molecule has 1 aliphatic heterocycles. The lowest BCUT2D eigenvalue weighted by atomic mass is 10.1. The molecule has 5 nitrogen and oxygen atoms in total. The highest BCUT2D eigenvalue weighted by Gasteiger charge is 2.30. The highest BCUT2D eigenvalue weighted by molar-refractivity contribution is 8.18. The van der Waals surface area contributed by atoms with Crippen molar-refractivity contribution in [2.45, 2.75) is 20.8 Å². The second-order valence-electron chi connectivity index (χ2n) is 6.27. The van der Waals surface area contributed by atoms with Crippen LogP contribution in [0.2, 0.25) is 0 Å². The van der Waals surface area contributed by atoms with Gasteiger partial charge in [0.1, 0.15) is 0 Å². The molecule has 0 spiro atoms. The summed E-state index contributed by atoms with van der Waals surface area (Å²) in [7, 11) is 1.73. The van der Waals surface area contributed by atoms with Crippen LogP contribution < -0.4 is 4.74 Å². The Morgan fingerprint density at radius 1 is 1.22 bits per heavy atom. The maximum Gasteiger partial charge on any atom is 0.266 e. The van der Waals surface area contributed by atoms with Crippen LogP contribution in [0.3, 0.4) is 0 Å². The molecular weight excluding hydrogens is 360 g/mol. The van der Waals surface area contributed by atoms with Crippen LogP contribution in [0.1, 0.15) is 23.6 Å². The molecule has 140 valence electrons. The number of aryl methyl sites for hydroxylation is 2. The number of hydrogen-bond acceptors (Lipinski definition) is 5. The molecule has 0 bridgehead atoms. The molecule has 0 unspecified atom stereocenters. The van der Waals surface area contributed by atoms with Crippen molar-refractivity contribution in [2.24, 2.45) is 4.99 Å². The number of phenols is 1. The number of ether oxygens (including phenoxy) is 1. The molecule has 1 amide bonds. The first-order chi connectivity index (χ1) is 12.9. The molecule has 0 atom stereocenters. The van der Waals surface area contributed by atoms with Gasteiger partial charge in [0.15, 0.2) is 16.7 Å². The molecule has 1 saturated heterocycles. The van der Waals surface area contributed by atoms with Gasteiger partial charge < -0.3 is 9.84 Å². The molecule has 27 heavy (non-hydrogen) atoms. The van der Waals surface area contributed by atoms with Gasteiger partial charge in [-0.2, -0.15) is 0 Å². The second-order valence-corrected chi connectivity index (χ2v) is 7.28. The van der Waals surface area contributed by atoms with E-state index in [-0.39, 0.29) is 11.7 Å². The van der Waals surface area contributed by atoms with Gasteiger partial charge in [-0.15, -0.1) is 0 Å². The molecule has 0 aromatic heterocycles. The van der Waals surface area contributed by atoms with E-state index in [2.05, 4.69) is 0 Å². The normalized spacial score (nSPS) is 17.2. The monoisotopic (exact) mass is 382 g/mol. The zero-order valence-corrected chi connectivity index (χ0v) is 16.6. The first kappa shape index (κ1) is 19.0. The van der Waals surface area contributed by atoms with E-state index < -0.39 is 0 Å². The summed E-state index contributed by atoms with van der Waals surface area (Å²) in [5.74, 6) is 0.384. The molecule has 0 saturated carbocycles. The first-order valence-electron chi connectivity index (χ1n) is 8.69. The highest BCUT2D eigenvalue weighted by atomic mass is 32.2. The van der Waals surface area contributed by atoms with E-state index in [0.717, 1.165) is 22.4 Å². The third kappa shape index (κ3) is 4.01. The lowest BCUT2D eigenvalue weighted by molar-refractivity contribution is -0.121. The number of aromatic hydroxyl groups is 1. The number of thioether (sulfide) groups is 1. The van der Waals surface area contributed by atoms with E-state index in [1.165, 1.54) is 11.8 Å². The Bertz CT molecular complexity index is 930. The van der Waals surface area contributed by atoms with E-state index in [4.69, 9.17) is 9.73 Å². The van der Waals surface area contributed by atoms with E-state index in [1.807, 2.05) is 39.0 Å². The third-order valence-electron chi connectivity index (χ3n) is 4.23. The predicted octanol–water partition coefficient (Wildman–Crippen LogP) is 4.64. The van der Waals surface area contributed by atoms with Crippen LogP contribution in [0.25, 0.3) is 6.08 Å². The fourth-order valence-corrected chi connectivity index (χ4v) is 3.75. The summed E-state index contributed by atoms with van der Waals surface area (Å²) in [5, 5.41) is 10.5. The minimum atomic E-state index is -0.101. The summed E-state index contributed by atoms with van der Waals surface area (Å²) in [6.07, 6.45) is 1.79. The molecule has 0 aliphatic carbocycles. The van der Waals surface area contributed by atoms with E-state index in [0.29, 0.717) is 22.4 Å². The number of hydrogen-bond donors (Lipinski definition) is 1. The number of amidine groups is 1. The van der Waals surface area contributed by atoms with Gasteiger partial charge >= 0.3 is 0 Å². The van der Waals surface area contributed by atoms with Crippen LogP contribution in [0.15, 0.2) is 46.3 Å². The summed E-state index contributed by atoms with van der Waals surface area (Å²) in [6, 6.07) is 11.1. The molecule has 1 fully saturated rings. The highest BCUT2D eigenvalue weighted by Crippen LogP contribution is 2.36. The fourth-order valence-electron chi connectivity index (χ4n) is 2.77. The van der Waals surface area contributed by atoms with Crippen molar-refractivity contribution in [2.75, 3.05) is 13.7 Å². The van der Waals surface area contributed by atoms with Crippen molar-refractivity contribution in [3.63, 3.8) is 0 Å².